The van der Waals surface area contributed by atoms with Crippen molar-refractivity contribution >= 4 is 17.6 Å². The lowest BCUT2D eigenvalue weighted by Gasteiger charge is -2.14. The van der Waals surface area contributed by atoms with Gasteiger partial charge >= 0.3 is 5.97 Å². The van der Waals surface area contributed by atoms with Crippen molar-refractivity contribution < 1.29 is 19.4 Å². The highest BCUT2D eigenvalue weighted by atomic mass is 35.5. The van der Waals surface area contributed by atoms with Gasteiger partial charge in [-0.3, -0.25) is 0 Å². The lowest BCUT2D eigenvalue weighted by Crippen LogP contribution is -2.18. The number of ether oxygens (including phenoxy) is 2. The van der Waals surface area contributed by atoms with E-state index >= 15 is 0 Å². The first kappa shape index (κ1) is 13.2. The van der Waals surface area contributed by atoms with Crippen LogP contribution < -0.4 is 4.74 Å². The molecule has 1 saturated heterocycles. The average molecular weight is 271 g/mol. The molecule has 0 radical (unpaired) electrons. The minimum atomic E-state index is -1.03. The fourth-order valence-corrected chi connectivity index (χ4v) is 2.14. The maximum atomic E-state index is 11.0. The highest BCUT2D eigenvalue weighted by molar-refractivity contribution is 6.30. The van der Waals surface area contributed by atoms with Crippen LogP contribution in [0.25, 0.3) is 0 Å². The molecule has 18 heavy (non-hydrogen) atoms. The summed E-state index contributed by atoms with van der Waals surface area (Å²) in [6.45, 7) is 2.37. The largest absolute Gasteiger partial charge is 0.490 e. The molecule has 0 bridgehead atoms. The monoisotopic (exact) mass is 270 g/mol. The molecular weight excluding hydrogens is 256 g/mol. The number of hydrogen-bond acceptors (Lipinski definition) is 3. The van der Waals surface area contributed by atoms with Crippen LogP contribution in [-0.2, 0) is 4.74 Å². The summed E-state index contributed by atoms with van der Waals surface area (Å²) in [5.41, 5.74) is 0.116. The smallest absolute Gasteiger partial charge is 0.339 e. The molecule has 2 atom stereocenters. The SMILES string of the molecule is CC1CCC(COc2cc(Cl)ccc2C(=O)O)O1. The molecule has 5 heteroatoms. The Morgan fingerprint density at radius 3 is 2.94 bits per heavy atom. The van der Waals surface area contributed by atoms with E-state index in [-0.39, 0.29) is 23.5 Å². The van der Waals surface area contributed by atoms with E-state index in [4.69, 9.17) is 26.2 Å². The zero-order valence-corrected chi connectivity index (χ0v) is 10.8. The Kier molecular flexibility index (Phi) is 4.09. The minimum absolute atomic E-state index is 0.0284. The van der Waals surface area contributed by atoms with Crippen LogP contribution in [0.5, 0.6) is 5.75 Å². The third kappa shape index (κ3) is 3.15. The first-order valence-corrected chi connectivity index (χ1v) is 6.25. The molecule has 0 aromatic heterocycles. The zero-order chi connectivity index (χ0) is 13.1. The molecule has 1 heterocycles. The molecule has 0 amide bonds. The van der Waals surface area contributed by atoms with Crippen molar-refractivity contribution in [3.63, 3.8) is 0 Å². The predicted molar refractivity (Wildman–Crippen MR) is 67.5 cm³/mol. The molecule has 98 valence electrons. The molecule has 1 aromatic carbocycles. The highest BCUT2D eigenvalue weighted by Gasteiger charge is 2.23. The number of aromatic carboxylic acids is 1. The van der Waals surface area contributed by atoms with Crippen molar-refractivity contribution in [3.05, 3.63) is 28.8 Å². The molecule has 1 aliphatic heterocycles. The lowest BCUT2D eigenvalue weighted by atomic mass is 10.2. The van der Waals surface area contributed by atoms with Gasteiger partial charge in [0, 0.05) is 5.02 Å². The highest BCUT2D eigenvalue weighted by Crippen LogP contribution is 2.25. The number of benzene rings is 1. The summed E-state index contributed by atoms with van der Waals surface area (Å²) in [7, 11) is 0. The number of carboxylic acids is 1. The van der Waals surface area contributed by atoms with Gasteiger partial charge in [0.2, 0.25) is 0 Å². The normalized spacial score (nSPS) is 23.0. The summed E-state index contributed by atoms with van der Waals surface area (Å²) in [5.74, 6) is -0.736. The number of hydrogen-bond donors (Lipinski definition) is 1. The summed E-state index contributed by atoms with van der Waals surface area (Å²) in [6.07, 6.45) is 2.22. The molecular formula is C13H15ClO4. The van der Waals surface area contributed by atoms with E-state index in [1.54, 1.807) is 0 Å². The Balaban J connectivity index is 2.04. The Morgan fingerprint density at radius 1 is 1.56 bits per heavy atom. The standard InChI is InChI=1S/C13H15ClO4/c1-8-2-4-10(18-8)7-17-12-6-9(14)3-5-11(12)13(15)16/h3,5-6,8,10H,2,4,7H2,1H3,(H,15,16). The molecule has 1 aliphatic rings. The molecule has 0 aliphatic carbocycles. The molecule has 2 unspecified atom stereocenters. The molecule has 0 saturated carbocycles. The number of carboxylic acid groups (broad SMARTS) is 1. The molecule has 0 spiro atoms. The number of rotatable bonds is 4. The summed E-state index contributed by atoms with van der Waals surface area (Å²) in [6, 6.07) is 4.49. The molecule has 1 fully saturated rings. The predicted octanol–water partition coefficient (Wildman–Crippen LogP) is 2.98. The lowest BCUT2D eigenvalue weighted by molar-refractivity contribution is 0.0259. The van der Waals surface area contributed by atoms with Gasteiger partial charge in [-0.05, 0) is 38.0 Å². The zero-order valence-electron chi connectivity index (χ0n) is 10.1. The Morgan fingerprint density at radius 2 is 2.33 bits per heavy atom. The summed E-state index contributed by atoms with van der Waals surface area (Å²) in [5, 5.41) is 9.49. The second-order valence-electron chi connectivity index (χ2n) is 4.40. The van der Waals surface area contributed by atoms with Gasteiger partial charge in [0.05, 0.1) is 12.2 Å². The van der Waals surface area contributed by atoms with Gasteiger partial charge in [0.25, 0.3) is 0 Å². The van der Waals surface area contributed by atoms with Crippen LogP contribution in [0.15, 0.2) is 18.2 Å². The topological polar surface area (TPSA) is 55.8 Å². The maximum absolute atomic E-state index is 11.0. The van der Waals surface area contributed by atoms with Crippen LogP contribution in [0.4, 0.5) is 0 Å². The van der Waals surface area contributed by atoms with Crippen LogP contribution in [-0.4, -0.2) is 29.9 Å². The van der Waals surface area contributed by atoms with Gasteiger partial charge < -0.3 is 14.6 Å². The van der Waals surface area contributed by atoms with Crippen LogP contribution in [0.1, 0.15) is 30.1 Å². The summed E-state index contributed by atoms with van der Waals surface area (Å²) >= 11 is 5.84. The van der Waals surface area contributed by atoms with Gasteiger partial charge in [0.1, 0.15) is 17.9 Å². The molecule has 1 aromatic rings. The number of halogens is 1. The number of carbonyl (C=O) groups is 1. The Hall–Kier alpha value is -1.26. The summed E-state index contributed by atoms with van der Waals surface area (Å²) in [4.78, 5) is 11.0. The second-order valence-corrected chi connectivity index (χ2v) is 4.84. The van der Waals surface area contributed by atoms with Crippen LogP contribution in [0.2, 0.25) is 5.02 Å². The van der Waals surface area contributed by atoms with Crippen molar-refractivity contribution in [1.82, 2.24) is 0 Å². The molecule has 1 N–H and O–H groups in total. The van der Waals surface area contributed by atoms with E-state index in [0.29, 0.717) is 11.6 Å². The Bertz CT molecular complexity index is 447. The van der Waals surface area contributed by atoms with E-state index in [1.165, 1.54) is 18.2 Å². The molecule has 4 nitrogen and oxygen atoms in total. The van der Waals surface area contributed by atoms with Crippen molar-refractivity contribution in [2.45, 2.75) is 32.0 Å². The quantitative estimate of drug-likeness (QED) is 0.914. The van der Waals surface area contributed by atoms with E-state index in [0.717, 1.165) is 12.8 Å². The minimum Gasteiger partial charge on any atom is -0.490 e. The fraction of sp³-hybridized carbons (Fsp3) is 0.462. The molecule has 2 rings (SSSR count). The third-order valence-electron chi connectivity index (χ3n) is 2.92. The van der Waals surface area contributed by atoms with Crippen LogP contribution >= 0.6 is 11.6 Å². The van der Waals surface area contributed by atoms with E-state index < -0.39 is 5.97 Å². The first-order valence-electron chi connectivity index (χ1n) is 5.87. The van der Waals surface area contributed by atoms with Gasteiger partial charge in [-0.25, -0.2) is 4.79 Å². The van der Waals surface area contributed by atoms with Gasteiger partial charge in [-0.1, -0.05) is 11.6 Å². The third-order valence-corrected chi connectivity index (χ3v) is 3.15. The van der Waals surface area contributed by atoms with Crippen molar-refractivity contribution in [3.8, 4) is 5.75 Å². The van der Waals surface area contributed by atoms with Crippen molar-refractivity contribution in [2.24, 2.45) is 0 Å². The van der Waals surface area contributed by atoms with Crippen molar-refractivity contribution in [2.75, 3.05) is 6.61 Å². The average Bonchev–Trinajstić information content (AvgIpc) is 2.72. The Labute approximate surface area is 110 Å². The van der Waals surface area contributed by atoms with E-state index in [9.17, 15) is 4.79 Å². The van der Waals surface area contributed by atoms with E-state index in [2.05, 4.69) is 0 Å². The first-order chi connectivity index (χ1) is 8.56. The van der Waals surface area contributed by atoms with Gasteiger partial charge in [-0.2, -0.15) is 0 Å². The summed E-state index contributed by atoms with van der Waals surface area (Å²) < 4.78 is 11.1. The fourth-order valence-electron chi connectivity index (χ4n) is 1.98. The second kappa shape index (κ2) is 5.59. The van der Waals surface area contributed by atoms with Crippen LogP contribution in [0.3, 0.4) is 0 Å². The van der Waals surface area contributed by atoms with Crippen LogP contribution in [0, 0.1) is 0 Å². The van der Waals surface area contributed by atoms with Crippen molar-refractivity contribution in [1.29, 1.82) is 0 Å². The van der Waals surface area contributed by atoms with Gasteiger partial charge in [-0.15, -0.1) is 0 Å². The van der Waals surface area contributed by atoms with Gasteiger partial charge in [0.15, 0.2) is 0 Å². The van der Waals surface area contributed by atoms with E-state index in [1.807, 2.05) is 6.92 Å². The maximum Gasteiger partial charge on any atom is 0.339 e.